The summed E-state index contributed by atoms with van der Waals surface area (Å²) in [7, 11) is 0. The summed E-state index contributed by atoms with van der Waals surface area (Å²) in [5.74, 6) is 1.28. The lowest BCUT2D eigenvalue weighted by Crippen LogP contribution is -2.34. The summed E-state index contributed by atoms with van der Waals surface area (Å²) in [5.41, 5.74) is 1.89. The fourth-order valence-corrected chi connectivity index (χ4v) is 2.92. The van der Waals surface area contributed by atoms with E-state index in [1.165, 1.54) is 19.3 Å². The molecule has 1 N–H and O–H groups in total. The summed E-state index contributed by atoms with van der Waals surface area (Å²) in [4.78, 5) is 2.23. The van der Waals surface area contributed by atoms with E-state index in [4.69, 9.17) is 0 Å². The minimum Gasteiger partial charge on any atom is -0.369 e. The second-order valence-electron chi connectivity index (χ2n) is 6.61. The number of nitrogens with one attached hydrogen (secondary N) is 1. The van der Waals surface area contributed by atoms with Crippen LogP contribution in [0, 0.1) is 17.7 Å². The molecule has 0 spiro atoms. The maximum Gasteiger partial charge on any atom is 0.146 e. The van der Waals surface area contributed by atoms with Crippen LogP contribution in [0.25, 0.3) is 0 Å². The van der Waals surface area contributed by atoms with Crippen molar-refractivity contribution in [2.45, 2.75) is 46.6 Å². The summed E-state index contributed by atoms with van der Waals surface area (Å²) in [6, 6.07) is 5.46. The molecule has 2 rings (SSSR count). The fourth-order valence-electron chi connectivity index (χ4n) is 2.92. The molecule has 2 nitrogen and oxygen atoms in total. The van der Waals surface area contributed by atoms with Crippen molar-refractivity contribution in [1.82, 2.24) is 5.32 Å². The number of hydrogen-bond donors (Lipinski definition) is 1. The van der Waals surface area contributed by atoms with Gasteiger partial charge in [-0.15, -0.1) is 0 Å². The summed E-state index contributed by atoms with van der Waals surface area (Å²) >= 11 is 0. The zero-order valence-electron chi connectivity index (χ0n) is 13.7. The van der Waals surface area contributed by atoms with Gasteiger partial charge in [0.25, 0.3) is 0 Å². The Morgan fingerprint density at radius 2 is 2.10 bits per heavy atom. The highest BCUT2D eigenvalue weighted by Crippen LogP contribution is 2.31. The van der Waals surface area contributed by atoms with Crippen LogP contribution < -0.4 is 10.2 Å². The van der Waals surface area contributed by atoms with Crippen molar-refractivity contribution in [3.05, 3.63) is 29.6 Å². The van der Waals surface area contributed by atoms with E-state index in [2.05, 4.69) is 37.1 Å². The van der Waals surface area contributed by atoms with Gasteiger partial charge in [-0.25, -0.2) is 4.39 Å². The minimum absolute atomic E-state index is 0.0833. The van der Waals surface area contributed by atoms with Crippen LogP contribution in [0.15, 0.2) is 18.2 Å². The molecule has 3 heteroatoms. The number of para-hydroxylation sites is 1. The van der Waals surface area contributed by atoms with Gasteiger partial charge in [0, 0.05) is 19.6 Å². The predicted molar refractivity (Wildman–Crippen MR) is 88.2 cm³/mol. The molecule has 0 saturated heterocycles. The lowest BCUT2D eigenvalue weighted by molar-refractivity contribution is 0.317. The minimum atomic E-state index is -0.0833. The van der Waals surface area contributed by atoms with Gasteiger partial charge in [0.05, 0.1) is 5.69 Å². The maximum atomic E-state index is 14.4. The van der Waals surface area contributed by atoms with E-state index in [0.29, 0.717) is 5.92 Å². The second-order valence-corrected chi connectivity index (χ2v) is 6.61. The molecule has 118 valence electrons. The van der Waals surface area contributed by atoms with Crippen LogP contribution in [-0.4, -0.2) is 19.6 Å². The first kappa shape index (κ1) is 16.3. The number of rotatable bonds is 8. The van der Waals surface area contributed by atoms with Gasteiger partial charge in [0.2, 0.25) is 0 Å². The zero-order chi connectivity index (χ0) is 15.2. The van der Waals surface area contributed by atoms with Crippen molar-refractivity contribution in [1.29, 1.82) is 0 Å². The second kappa shape index (κ2) is 7.79. The molecule has 0 aliphatic heterocycles. The average molecular weight is 292 g/mol. The molecule has 0 amide bonds. The predicted octanol–water partition coefficient (Wildman–Crippen LogP) is 4.20. The van der Waals surface area contributed by atoms with E-state index >= 15 is 0 Å². The fraction of sp³-hybridized carbons (Fsp3) is 0.667. The van der Waals surface area contributed by atoms with Crippen LogP contribution in [0.3, 0.4) is 0 Å². The summed E-state index contributed by atoms with van der Waals surface area (Å²) in [5, 5.41) is 3.44. The van der Waals surface area contributed by atoms with Crippen molar-refractivity contribution in [2.75, 3.05) is 24.5 Å². The molecular formula is C18H29FN2. The highest BCUT2D eigenvalue weighted by molar-refractivity contribution is 5.55. The Morgan fingerprint density at radius 3 is 2.67 bits per heavy atom. The van der Waals surface area contributed by atoms with Gasteiger partial charge < -0.3 is 10.2 Å². The van der Waals surface area contributed by atoms with Gasteiger partial charge in [-0.2, -0.15) is 0 Å². The molecule has 1 aromatic rings. The van der Waals surface area contributed by atoms with Crippen LogP contribution >= 0.6 is 0 Å². The number of halogens is 1. The Morgan fingerprint density at radius 1 is 1.33 bits per heavy atom. The van der Waals surface area contributed by atoms with Gasteiger partial charge in [-0.05, 0) is 49.8 Å². The molecule has 0 unspecified atom stereocenters. The Labute approximate surface area is 128 Å². The standard InChI is InChI=1S/C18H29FN2/c1-4-21(13-15-7-5-8-15)18-16(9-6-10-17(18)19)12-20-11-14(2)3/h6,9-10,14-15,20H,4-5,7-8,11-13H2,1-3H3. The lowest BCUT2D eigenvalue weighted by atomic mass is 9.85. The van der Waals surface area contributed by atoms with Crippen LogP contribution in [0.4, 0.5) is 10.1 Å². The number of nitrogens with zero attached hydrogens (tertiary/aromatic N) is 1. The first-order valence-corrected chi connectivity index (χ1v) is 8.34. The van der Waals surface area contributed by atoms with Gasteiger partial charge in [-0.3, -0.25) is 0 Å². The molecule has 1 saturated carbocycles. The average Bonchev–Trinajstić information content (AvgIpc) is 2.39. The smallest absolute Gasteiger partial charge is 0.146 e. The van der Waals surface area contributed by atoms with Crippen LogP contribution in [0.1, 0.15) is 45.6 Å². The van der Waals surface area contributed by atoms with E-state index in [1.807, 2.05) is 6.07 Å². The van der Waals surface area contributed by atoms with Gasteiger partial charge in [0.1, 0.15) is 5.82 Å². The topological polar surface area (TPSA) is 15.3 Å². The Balaban J connectivity index is 2.10. The molecule has 0 aromatic heterocycles. The Kier molecular flexibility index (Phi) is 6.04. The van der Waals surface area contributed by atoms with Crippen molar-refractivity contribution in [3.63, 3.8) is 0 Å². The summed E-state index contributed by atoms with van der Waals surface area (Å²) in [6.45, 7) is 10.1. The van der Waals surface area contributed by atoms with Crippen molar-refractivity contribution in [2.24, 2.45) is 11.8 Å². The number of benzene rings is 1. The van der Waals surface area contributed by atoms with Gasteiger partial charge in [0.15, 0.2) is 0 Å². The zero-order valence-corrected chi connectivity index (χ0v) is 13.7. The first-order valence-electron chi connectivity index (χ1n) is 8.34. The summed E-state index contributed by atoms with van der Waals surface area (Å²) < 4.78 is 14.4. The van der Waals surface area contributed by atoms with Gasteiger partial charge in [-0.1, -0.05) is 32.4 Å². The van der Waals surface area contributed by atoms with E-state index in [9.17, 15) is 4.39 Å². The van der Waals surface area contributed by atoms with Crippen LogP contribution in [0.5, 0.6) is 0 Å². The van der Waals surface area contributed by atoms with Crippen molar-refractivity contribution >= 4 is 5.69 Å². The Bertz CT molecular complexity index is 441. The molecular weight excluding hydrogens is 263 g/mol. The molecule has 1 aromatic carbocycles. The third kappa shape index (κ3) is 4.44. The first-order chi connectivity index (χ1) is 10.1. The molecule has 1 aliphatic rings. The molecule has 1 aliphatic carbocycles. The molecule has 21 heavy (non-hydrogen) atoms. The maximum absolute atomic E-state index is 14.4. The van der Waals surface area contributed by atoms with E-state index in [0.717, 1.165) is 43.3 Å². The molecule has 0 heterocycles. The quantitative estimate of drug-likeness (QED) is 0.772. The third-order valence-electron chi connectivity index (χ3n) is 4.34. The molecule has 0 radical (unpaired) electrons. The molecule has 0 bridgehead atoms. The normalized spacial score (nSPS) is 15.3. The van der Waals surface area contributed by atoms with Crippen LogP contribution in [0.2, 0.25) is 0 Å². The van der Waals surface area contributed by atoms with Gasteiger partial charge >= 0.3 is 0 Å². The monoisotopic (exact) mass is 292 g/mol. The van der Waals surface area contributed by atoms with E-state index in [-0.39, 0.29) is 5.82 Å². The molecule has 1 fully saturated rings. The van der Waals surface area contributed by atoms with E-state index < -0.39 is 0 Å². The number of hydrogen-bond acceptors (Lipinski definition) is 2. The van der Waals surface area contributed by atoms with E-state index in [1.54, 1.807) is 6.07 Å². The molecule has 0 atom stereocenters. The Hall–Kier alpha value is -1.09. The SMILES string of the molecule is CCN(CC1CCC1)c1c(F)cccc1CNCC(C)C. The van der Waals surface area contributed by atoms with Crippen molar-refractivity contribution < 1.29 is 4.39 Å². The largest absolute Gasteiger partial charge is 0.369 e. The third-order valence-corrected chi connectivity index (χ3v) is 4.34. The van der Waals surface area contributed by atoms with Crippen molar-refractivity contribution in [3.8, 4) is 0 Å². The lowest BCUT2D eigenvalue weighted by Gasteiger charge is -2.34. The highest BCUT2D eigenvalue weighted by Gasteiger charge is 2.23. The van der Waals surface area contributed by atoms with Crippen LogP contribution in [-0.2, 0) is 6.54 Å². The summed E-state index contributed by atoms with van der Waals surface area (Å²) in [6.07, 6.45) is 3.93. The number of anilines is 1. The highest BCUT2D eigenvalue weighted by atomic mass is 19.1.